The van der Waals surface area contributed by atoms with Crippen molar-refractivity contribution in [2.45, 2.75) is 11.5 Å². The van der Waals surface area contributed by atoms with E-state index in [2.05, 4.69) is 0 Å². The zero-order chi connectivity index (χ0) is 26.0. The van der Waals surface area contributed by atoms with Gasteiger partial charge in [-0.25, -0.2) is 21.4 Å². The average Bonchev–Trinajstić information content (AvgIpc) is 2.74. The Balaban J connectivity index is 0.00000456. The Morgan fingerprint density at radius 3 is 1.75 bits per heavy atom. The average molecular weight is 539 g/mol. The second-order valence-corrected chi connectivity index (χ2v) is 11.5. The summed E-state index contributed by atoms with van der Waals surface area (Å²) in [7, 11) is -1.69. The van der Waals surface area contributed by atoms with E-state index < -0.39 is 31.7 Å². The summed E-state index contributed by atoms with van der Waals surface area (Å²) < 4.78 is 70.7. The Morgan fingerprint density at radius 2 is 1.28 bits per heavy atom. The van der Waals surface area contributed by atoms with Gasteiger partial charge in [0.2, 0.25) is 0 Å². The molecular weight excluding hydrogens is 511 g/mol. The van der Waals surface area contributed by atoms with Crippen molar-refractivity contribution >= 4 is 37.2 Å². The van der Waals surface area contributed by atoms with Crippen molar-refractivity contribution in [1.82, 2.24) is 0 Å². The molecule has 0 aromatic heterocycles. The number of anilines is 1. The van der Waals surface area contributed by atoms with Crippen LogP contribution in [-0.4, -0.2) is 64.4 Å². The van der Waals surface area contributed by atoms with Crippen molar-refractivity contribution in [2.24, 2.45) is 0 Å². The normalized spacial score (nSPS) is 13.4. The van der Waals surface area contributed by atoms with Crippen LogP contribution >= 0.6 is 0 Å². The third-order valence-corrected chi connectivity index (χ3v) is 6.83. The molecule has 0 saturated heterocycles. The fourth-order valence-electron chi connectivity index (χ4n) is 3.79. The van der Waals surface area contributed by atoms with Gasteiger partial charge in [0.05, 0.1) is 31.7 Å². The molecule has 8 nitrogen and oxygen atoms in total. The number of hydrogen-bond acceptors (Lipinski definition) is 7. The predicted octanol–water partition coefficient (Wildman–Crippen LogP) is -0.512. The zero-order valence-electron chi connectivity index (χ0n) is 20.9. The maximum Gasteiger partial charge on any atom is 1.00 e. The van der Waals surface area contributed by atoms with Gasteiger partial charge >= 0.3 is 29.6 Å². The maximum atomic E-state index is 11.5. The van der Waals surface area contributed by atoms with Crippen LogP contribution in [0, 0.1) is 0 Å². The van der Waals surface area contributed by atoms with Crippen LogP contribution in [0.4, 0.5) is 5.69 Å². The third kappa shape index (κ3) is 8.24. The first-order chi connectivity index (χ1) is 16.2. The summed E-state index contributed by atoms with van der Waals surface area (Å²) in [5, 5.41) is 0. The largest absolute Gasteiger partial charge is 1.00 e. The molecule has 0 N–H and O–H groups in total. The van der Waals surface area contributed by atoms with E-state index in [0.29, 0.717) is 5.56 Å². The number of hydrogen-bond donors (Lipinski definition) is 0. The minimum atomic E-state index is -4.72. The number of nitrogens with zero attached hydrogens (tertiary/aromatic N) is 2. The first-order valence-electron chi connectivity index (χ1n) is 10.7. The van der Waals surface area contributed by atoms with Crippen LogP contribution in [-0.2, 0) is 31.7 Å². The van der Waals surface area contributed by atoms with E-state index in [1.54, 1.807) is 6.07 Å². The zero-order valence-corrected chi connectivity index (χ0v) is 24.6. The van der Waals surface area contributed by atoms with Crippen molar-refractivity contribution in [3.8, 4) is 0 Å². The van der Waals surface area contributed by atoms with Crippen molar-refractivity contribution in [3.63, 3.8) is 0 Å². The van der Waals surface area contributed by atoms with E-state index in [-0.39, 0.29) is 40.7 Å². The molecule has 0 amide bonds. The molecule has 0 saturated carbocycles. The van der Waals surface area contributed by atoms with Crippen LogP contribution in [0.3, 0.4) is 0 Å². The van der Waals surface area contributed by atoms with E-state index in [4.69, 9.17) is 0 Å². The summed E-state index contributed by atoms with van der Waals surface area (Å²) in [6.07, 6.45) is 7.77. The SMILES string of the molecule is CN(C)c1ccc(C(=C2C=CC(=[N+](C)C)C=C2)c2ccc(CS(=O)(=O)[O-])c(CS(=O)(=O)[O-])c2)cc1.[Na+]. The molecule has 0 radical (unpaired) electrons. The fraction of sp³-hybridized carbons (Fsp3) is 0.240. The number of allylic oxidation sites excluding steroid dienone is 5. The molecule has 2 aromatic rings. The van der Waals surface area contributed by atoms with Crippen LogP contribution in [0.15, 0.2) is 72.3 Å². The van der Waals surface area contributed by atoms with E-state index in [0.717, 1.165) is 28.1 Å². The number of benzene rings is 2. The molecule has 0 aliphatic heterocycles. The van der Waals surface area contributed by atoms with Crippen LogP contribution < -0.4 is 34.5 Å². The van der Waals surface area contributed by atoms with E-state index in [9.17, 15) is 25.9 Å². The summed E-state index contributed by atoms with van der Waals surface area (Å²) in [5.74, 6) is -1.82. The minimum absolute atomic E-state index is 0. The first-order valence-corrected chi connectivity index (χ1v) is 13.8. The molecule has 1 aliphatic carbocycles. The minimum Gasteiger partial charge on any atom is -0.748 e. The summed E-state index contributed by atoms with van der Waals surface area (Å²) in [6.45, 7) is 0. The predicted molar refractivity (Wildman–Crippen MR) is 135 cm³/mol. The van der Waals surface area contributed by atoms with Gasteiger partial charge in [-0.3, -0.25) is 0 Å². The Morgan fingerprint density at radius 1 is 0.778 bits per heavy atom. The third-order valence-electron chi connectivity index (χ3n) is 5.50. The van der Waals surface area contributed by atoms with Crippen LogP contribution in [0.2, 0.25) is 0 Å². The summed E-state index contributed by atoms with van der Waals surface area (Å²) in [5.41, 5.74) is 5.00. The van der Waals surface area contributed by atoms with Gasteiger partial charge in [0.15, 0.2) is 5.71 Å². The van der Waals surface area contributed by atoms with E-state index in [1.807, 2.05) is 86.2 Å². The van der Waals surface area contributed by atoms with Crippen LogP contribution in [0.5, 0.6) is 0 Å². The first kappa shape index (κ1) is 30.2. The maximum absolute atomic E-state index is 11.5. The Kier molecular flexibility index (Phi) is 10.1. The van der Waals surface area contributed by atoms with E-state index >= 15 is 0 Å². The van der Waals surface area contributed by atoms with Gasteiger partial charge in [0.1, 0.15) is 14.1 Å². The van der Waals surface area contributed by atoms with Gasteiger partial charge < -0.3 is 14.0 Å². The molecule has 0 heterocycles. The molecule has 36 heavy (non-hydrogen) atoms. The topological polar surface area (TPSA) is 121 Å². The molecule has 0 spiro atoms. The van der Waals surface area contributed by atoms with Crippen molar-refractivity contribution < 1.29 is 60.1 Å². The second kappa shape index (κ2) is 12.0. The summed E-state index contributed by atoms with van der Waals surface area (Å²) in [6, 6.07) is 12.3. The Bertz CT molecular complexity index is 1450. The van der Waals surface area contributed by atoms with Crippen LogP contribution in [0.25, 0.3) is 5.57 Å². The van der Waals surface area contributed by atoms with Gasteiger partial charge in [0.25, 0.3) is 0 Å². The molecule has 3 rings (SSSR count). The summed E-state index contributed by atoms with van der Waals surface area (Å²) in [4.78, 5) is 1.96. The molecule has 11 heteroatoms. The fourth-order valence-corrected chi connectivity index (χ4v) is 5.10. The molecule has 0 atom stereocenters. The van der Waals surface area contributed by atoms with Crippen molar-refractivity contribution in [3.05, 3.63) is 94.6 Å². The van der Waals surface area contributed by atoms with Gasteiger partial charge in [-0.15, -0.1) is 0 Å². The van der Waals surface area contributed by atoms with Gasteiger partial charge in [-0.1, -0.05) is 24.3 Å². The monoisotopic (exact) mass is 538 g/mol. The number of rotatable bonds is 7. The quantitative estimate of drug-likeness (QED) is 0.264. The molecule has 0 fully saturated rings. The van der Waals surface area contributed by atoms with Crippen LogP contribution in [0.1, 0.15) is 22.3 Å². The summed E-state index contributed by atoms with van der Waals surface area (Å²) >= 11 is 0. The van der Waals surface area contributed by atoms with E-state index in [1.165, 1.54) is 12.1 Å². The smallest absolute Gasteiger partial charge is 0.748 e. The molecular formula is C25H27N2NaO6S2. The molecule has 0 unspecified atom stereocenters. The molecule has 1 aliphatic rings. The Labute approximate surface area is 235 Å². The van der Waals surface area contributed by atoms with Crippen molar-refractivity contribution in [2.75, 3.05) is 33.1 Å². The standard InChI is InChI=1S/C25H28N2O6S2.Na/c1-26(2)23-11-7-18(8-12-23)25(19-9-13-24(14-10-19)27(3)4)20-5-6-21(16-34(28,29)30)22(15-20)17-35(31,32)33;/h5-15H,16-17H2,1-4H3,(H-,28,29,30,31,32,33);/q;+1/p-1. The molecule has 186 valence electrons. The van der Waals surface area contributed by atoms with Gasteiger partial charge in [0, 0.05) is 31.9 Å². The molecule has 0 bridgehead atoms. The Hall–Kier alpha value is -2.05. The van der Waals surface area contributed by atoms with Gasteiger partial charge in [-0.2, -0.15) is 0 Å². The molecule has 2 aromatic carbocycles. The van der Waals surface area contributed by atoms with Gasteiger partial charge in [-0.05, 0) is 63.8 Å². The van der Waals surface area contributed by atoms with Crippen molar-refractivity contribution in [1.29, 1.82) is 0 Å². The second-order valence-electron chi connectivity index (χ2n) is 8.65.